The molecule has 0 bridgehead atoms. The molecule has 0 radical (unpaired) electrons. The van der Waals surface area contributed by atoms with Gasteiger partial charge in [0.1, 0.15) is 6.10 Å². The number of rotatable bonds is 6. The van der Waals surface area contributed by atoms with Crippen molar-refractivity contribution < 1.29 is 9.53 Å². The minimum atomic E-state index is -0.109. The van der Waals surface area contributed by atoms with Crippen molar-refractivity contribution >= 4 is 5.97 Å². The molecule has 0 amide bonds. The zero-order valence-corrected chi connectivity index (χ0v) is 23.5. The smallest absolute Gasteiger partial charge is 0.302 e. The molecular weight excluding hydrogens is 416 g/mol. The van der Waals surface area contributed by atoms with E-state index in [1.165, 1.54) is 51.4 Å². The molecule has 0 heterocycles. The maximum atomic E-state index is 11.7. The zero-order valence-electron chi connectivity index (χ0n) is 23.5. The lowest BCUT2D eigenvalue weighted by atomic mass is 9.46. The Bertz CT molecular complexity index is 821. The van der Waals surface area contributed by atoms with E-state index in [0.717, 1.165) is 30.1 Å². The van der Waals surface area contributed by atoms with Gasteiger partial charge in [-0.2, -0.15) is 0 Å². The minimum Gasteiger partial charge on any atom is -0.462 e. The highest BCUT2D eigenvalue weighted by Crippen LogP contribution is 2.67. The Morgan fingerprint density at radius 1 is 1.09 bits per heavy atom. The maximum absolute atomic E-state index is 11.7. The third-order valence-corrected chi connectivity index (χ3v) is 11.6. The molecule has 0 saturated heterocycles. The van der Waals surface area contributed by atoms with Crippen molar-refractivity contribution in [3.05, 3.63) is 23.3 Å². The number of ether oxygens (including phenoxy) is 1. The third-order valence-electron chi connectivity index (χ3n) is 11.6. The molecule has 3 saturated carbocycles. The van der Waals surface area contributed by atoms with Crippen molar-refractivity contribution in [3.63, 3.8) is 0 Å². The molecule has 2 nitrogen and oxygen atoms in total. The van der Waals surface area contributed by atoms with Crippen molar-refractivity contribution in [2.24, 2.45) is 52.3 Å². The highest BCUT2D eigenvalue weighted by Gasteiger charge is 2.59. The van der Waals surface area contributed by atoms with Crippen LogP contribution in [0.5, 0.6) is 0 Å². The molecule has 4 aliphatic rings. The number of hydrogen-bond acceptors (Lipinski definition) is 2. The van der Waals surface area contributed by atoms with Gasteiger partial charge in [-0.1, -0.05) is 64.8 Å². The molecule has 9 atom stereocenters. The van der Waals surface area contributed by atoms with Crippen molar-refractivity contribution in [1.82, 2.24) is 0 Å². The van der Waals surface area contributed by atoms with Gasteiger partial charge in [0, 0.05) is 6.92 Å². The highest BCUT2D eigenvalue weighted by atomic mass is 16.5. The summed E-state index contributed by atoms with van der Waals surface area (Å²) in [4.78, 5) is 11.7. The fraction of sp³-hybridized carbons (Fsp3) is 0.844. The molecule has 192 valence electrons. The first-order chi connectivity index (χ1) is 16.0. The molecule has 0 aliphatic heterocycles. The topological polar surface area (TPSA) is 26.3 Å². The Balaban J connectivity index is 1.50. The lowest BCUT2D eigenvalue weighted by Crippen LogP contribution is -2.53. The van der Waals surface area contributed by atoms with Gasteiger partial charge in [-0.3, -0.25) is 4.79 Å². The number of carbonyl (C=O) groups is 1. The van der Waals surface area contributed by atoms with Gasteiger partial charge < -0.3 is 4.74 Å². The second-order valence-electron chi connectivity index (χ2n) is 13.5. The van der Waals surface area contributed by atoms with E-state index in [0.29, 0.717) is 28.6 Å². The second kappa shape index (κ2) is 9.78. The van der Waals surface area contributed by atoms with Crippen LogP contribution in [-0.4, -0.2) is 12.1 Å². The monoisotopic (exact) mass is 468 g/mol. The van der Waals surface area contributed by atoms with E-state index in [4.69, 9.17) is 4.74 Å². The molecule has 0 spiro atoms. The predicted molar refractivity (Wildman–Crippen MR) is 142 cm³/mol. The molecule has 0 aromatic rings. The van der Waals surface area contributed by atoms with E-state index in [1.807, 2.05) is 5.57 Å². The summed E-state index contributed by atoms with van der Waals surface area (Å²) in [6, 6.07) is 0. The number of esters is 1. The van der Waals surface area contributed by atoms with E-state index in [-0.39, 0.29) is 12.1 Å². The van der Waals surface area contributed by atoms with Gasteiger partial charge in [0.2, 0.25) is 0 Å². The quantitative estimate of drug-likeness (QED) is 0.288. The largest absolute Gasteiger partial charge is 0.462 e. The van der Waals surface area contributed by atoms with Gasteiger partial charge in [0.25, 0.3) is 0 Å². The van der Waals surface area contributed by atoms with Gasteiger partial charge in [0.05, 0.1) is 0 Å². The second-order valence-corrected chi connectivity index (χ2v) is 13.5. The van der Waals surface area contributed by atoms with E-state index in [9.17, 15) is 4.79 Å². The molecular formula is C32H52O2. The molecule has 0 aromatic carbocycles. The van der Waals surface area contributed by atoms with E-state index < -0.39 is 0 Å². The van der Waals surface area contributed by atoms with Crippen molar-refractivity contribution in [1.29, 1.82) is 0 Å². The van der Waals surface area contributed by atoms with Crippen LogP contribution in [0.15, 0.2) is 23.3 Å². The normalized spacial score (nSPS) is 43.0. The molecule has 0 unspecified atom stereocenters. The molecule has 3 fully saturated rings. The van der Waals surface area contributed by atoms with E-state index >= 15 is 0 Å². The molecule has 2 heteroatoms. The number of fused-ring (bicyclic) bond motifs is 5. The number of hydrogen-bond donors (Lipinski definition) is 0. The van der Waals surface area contributed by atoms with Crippen LogP contribution in [0.25, 0.3) is 0 Å². The van der Waals surface area contributed by atoms with Gasteiger partial charge in [-0.15, -0.1) is 0 Å². The van der Waals surface area contributed by atoms with Crippen LogP contribution in [-0.2, 0) is 9.53 Å². The Hall–Kier alpha value is -1.05. The Morgan fingerprint density at radius 2 is 1.76 bits per heavy atom. The first kappa shape index (κ1) is 26.0. The van der Waals surface area contributed by atoms with Crippen molar-refractivity contribution in [2.45, 2.75) is 119 Å². The molecule has 4 rings (SSSR count). The lowest BCUT2D eigenvalue weighted by Gasteiger charge is -2.59. The van der Waals surface area contributed by atoms with Crippen LogP contribution in [0, 0.1) is 52.3 Å². The molecule has 0 N–H and O–H groups in total. The summed E-state index contributed by atoms with van der Waals surface area (Å²) in [7, 11) is 0. The maximum Gasteiger partial charge on any atom is 0.302 e. The van der Waals surface area contributed by atoms with Crippen LogP contribution in [0.4, 0.5) is 0 Å². The fourth-order valence-electron chi connectivity index (χ4n) is 9.65. The third kappa shape index (κ3) is 4.34. The summed E-state index contributed by atoms with van der Waals surface area (Å²) in [6.45, 7) is 18.7. The van der Waals surface area contributed by atoms with Gasteiger partial charge in [-0.05, 0) is 117 Å². The Morgan fingerprint density at radius 3 is 2.41 bits per heavy atom. The fourth-order valence-corrected chi connectivity index (χ4v) is 9.65. The zero-order chi connectivity index (χ0) is 24.8. The van der Waals surface area contributed by atoms with E-state index in [1.54, 1.807) is 12.5 Å². The summed E-state index contributed by atoms with van der Waals surface area (Å²) >= 11 is 0. The average Bonchev–Trinajstić information content (AvgIpc) is 3.13. The predicted octanol–water partition coefficient (Wildman–Crippen LogP) is 8.76. The Labute approximate surface area is 210 Å². The SMILES string of the molecule is C/C=C(/CC[C@@H](C)[C@H]1CC[C@H]2C3=CC[C@H]4[C@H](C)[C@@H](OC(C)=O)CC[C@]4(C)[C@H]3CC[C@]12C)C(C)C. The van der Waals surface area contributed by atoms with Gasteiger partial charge >= 0.3 is 5.97 Å². The summed E-state index contributed by atoms with van der Waals surface area (Å²) in [5.41, 5.74) is 4.35. The molecule has 0 aromatic heterocycles. The standard InChI is InChI=1S/C32H52O2/c1-9-24(20(2)3)11-10-21(4)26-14-15-28-25-12-13-27-22(5)30(34-23(6)33)17-19-32(27,8)29(25)16-18-31(26,28)7/h9,12,20-22,26-30H,10-11,13-19H2,1-8H3/b24-9-/t21-,22+,26-,27+,28+,29+,30+,31-,32+/m1/s1. The van der Waals surface area contributed by atoms with Crippen LogP contribution >= 0.6 is 0 Å². The molecule has 4 aliphatic carbocycles. The van der Waals surface area contributed by atoms with Gasteiger partial charge in [-0.25, -0.2) is 0 Å². The summed E-state index contributed by atoms with van der Waals surface area (Å²) in [5.74, 6) is 4.91. The lowest BCUT2D eigenvalue weighted by molar-refractivity contribution is -0.158. The Kier molecular flexibility index (Phi) is 7.48. The first-order valence-electron chi connectivity index (χ1n) is 14.5. The van der Waals surface area contributed by atoms with E-state index in [2.05, 4.69) is 60.6 Å². The number of carbonyl (C=O) groups excluding carboxylic acids is 1. The van der Waals surface area contributed by atoms with Gasteiger partial charge in [0.15, 0.2) is 0 Å². The summed E-state index contributed by atoms with van der Waals surface area (Å²) < 4.78 is 5.76. The minimum absolute atomic E-state index is 0.109. The summed E-state index contributed by atoms with van der Waals surface area (Å²) in [6.07, 6.45) is 16.8. The van der Waals surface area contributed by atoms with Crippen molar-refractivity contribution in [3.8, 4) is 0 Å². The van der Waals surface area contributed by atoms with Crippen LogP contribution in [0.1, 0.15) is 113 Å². The highest BCUT2D eigenvalue weighted by molar-refractivity contribution is 5.66. The van der Waals surface area contributed by atoms with Crippen LogP contribution in [0.3, 0.4) is 0 Å². The van der Waals surface area contributed by atoms with Crippen molar-refractivity contribution in [2.75, 3.05) is 0 Å². The number of allylic oxidation sites excluding steroid dienone is 4. The first-order valence-corrected chi connectivity index (χ1v) is 14.5. The average molecular weight is 469 g/mol. The molecule has 34 heavy (non-hydrogen) atoms. The summed E-state index contributed by atoms with van der Waals surface area (Å²) in [5, 5.41) is 0. The van der Waals surface area contributed by atoms with Crippen LogP contribution in [0.2, 0.25) is 0 Å². The van der Waals surface area contributed by atoms with Crippen LogP contribution < -0.4 is 0 Å².